The predicted molar refractivity (Wildman–Crippen MR) is 111 cm³/mol. The summed E-state index contributed by atoms with van der Waals surface area (Å²) < 4.78 is 10.6. The molecule has 2 heterocycles. The summed E-state index contributed by atoms with van der Waals surface area (Å²) in [5.74, 6) is 1.44. The second kappa shape index (κ2) is 11.9. The molecule has 0 aliphatic carbocycles. The Balaban J connectivity index is 1.50. The van der Waals surface area contributed by atoms with Crippen molar-refractivity contribution in [1.82, 2.24) is 9.88 Å². The highest BCUT2D eigenvalue weighted by molar-refractivity contribution is 7.99. The molecule has 0 atom stereocenters. The molecular weight excluding hydrogens is 406 g/mol. The van der Waals surface area contributed by atoms with E-state index in [0.717, 1.165) is 41.7 Å². The third-order valence-corrected chi connectivity index (χ3v) is 5.76. The topological polar surface area (TPSA) is 97.7 Å². The number of pyridine rings is 1. The molecule has 1 aromatic heterocycles. The molecule has 0 unspecified atom stereocenters. The first-order chi connectivity index (χ1) is 14.7. The molecule has 2 aromatic rings. The highest BCUT2D eigenvalue weighted by atomic mass is 32.2. The number of quaternary nitrogens is 1. The summed E-state index contributed by atoms with van der Waals surface area (Å²) in [4.78, 5) is 23.7. The van der Waals surface area contributed by atoms with Crippen LogP contribution < -0.4 is 10.4 Å². The van der Waals surface area contributed by atoms with Crippen LogP contribution in [-0.2, 0) is 22.7 Å². The van der Waals surface area contributed by atoms with Crippen molar-refractivity contribution < 1.29 is 30.0 Å². The molecule has 3 N–H and O–H groups in total. The van der Waals surface area contributed by atoms with E-state index in [1.807, 2.05) is 24.3 Å². The lowest BCUT2D eigenvalue weighted by Crippen LogP contribution is -2.79. The van der Waals surface area contributed by atoms with Crippen molar-refractivity contribution in [1.29, 1.82) is 0 Å². The first kappa shape index (κ1) is 22.5. The molecule has 0 spiro atoms. The third kappa shape index (κ3) is 6.68. The number of fused-ring (bicyclic) bond motifs is 1. The number of benzene rings is 1. The number of nitrogens with two attached hydrogens (primary N) is 1. The van der Waals surface area contributed by atoms with Crippen LogP contribution in [-0.4, -0.2) is 53.7 Å². The van der Waals surface area contributed by atoms with Gasteiger partial charge in [0.1, 0.15) is 17.4 Å². The summed E-state index contributed by atoms with van der Waals surface area (Å²) in [5, 5.41) is 9.49. The summed E-state index contributed by atoms with van der Waals surface area (Å²) in [7, 11) is 1.65. The van der Waals surface area contributed by atoms with Crippen LogP contribution in [0.5, 0.6) is 5.75 Å². The third-order valence-electron chi connectivity index (χ3n) is 4.74. The molecule has 1 aromatic carbocycles. The maximum absolute atomic E-state index is 12.1. The molecule has 0 saturated carbocycles. The van der Waals surface area contributed by atoms with Gasteiger partial charge in [-0.05, 0) is 36.6 Å². The molecule has 30 heavy (non-hydrogen) atoms. The molecule has 3 rings (SSSR count). The maximum Gasteiger partial charge on any atom is 0.338 e. The minimum Gasteiger partial charge on any atom is -0.495 e. The maximum atomic E-state index is 12.1. The molecule has 0 radical (unpaired) electrons. The number of ether oxygens (including phenoxy) is 2. The Morgan fingerprint density at radius 3 is 2.83 bits per heavy atom. The zero-order chi connectivity index (χ0) is 21.2. The second-order valence-corrected chi connectivity index (χ2v) is 8.00. The smallest absolute Gasteiger partial charge is 0.338 e. The summed E-state index contributed by atoms with van der Waals surface area (Å²) >= 11 is 1.77. The Kier molecular flexibility index (Phi) is 8.91. The molecule has 0 saturated heterocycles. The van der Waals surface area contributed by atoms with Gasteiger partial charge in [0, 0.05) is 31.0 Å². The van der Waals surface area contributed by atoms with Crippen LogP contribution in [0.2, 0.25) is 0 Å². The van der Waals surface area contributed by atoms with Gasteiger partial charge < -0.3 is 9.47 Å². The number of thioether (sulfide) groups is 1. The number of hydrogen-bond donors (Lipinski definition) is 2. The standard InChI is InChI=1S/C21H28N3O5S/c1-27-19-12-18-15-24(8-11-30-20(18)22-13-19)14-16-4-6-17(7-5-16)21(25)28-9-2-3-10-29-23-26/h4-7,12-13,26H,2-3,8-11,14-15,23H2,1H3/q+1. The largest absolute Gasteiger partial charge is 0.495 e. The van der Waals surface area contributed by atoms with E-state index in [-0.39, 0.29) is 5.97 Å². The summed E-state index contributed by atoms with van der Waals surface area (Å²) in [5.41, 5.74) is 3.54. The highest BCUT2D eigenvalue weighted by Gasteiger charge is 2.17. The van der Waals surface area contributed by atoms with E-state index in [1.54, 1.807) is 25.1 Å². The number of esters is 1. The monoisotopic (exact) mass is 434 g/mol. The van der Waals surface area contributed by atoms with Crippen LogP contribution in [0.25, 0.3) is 0 Å². The van der Waals surface area contributed by atoms with E-state index in [0.29, 0.717) is 37.3 Å². The summed E-state index contributed by atoms with van der Waals surface area (Å²) in [6.45, 7) is 3.32. The van der Waals surface area contributed by atoms with Crippen molar-refractivity contribution in [2.75, 3.05) is 32.6 Å². The van der Waals surface area contributed by atoms with Gasteiger partial charge in [-0.25, -0.2) is 9.78 Å². The lowest BCUT2D eigenvalue weighted by Gasteiger charge is -2.20. The minimum atomic E-state index is -0.325. The van der Waals surface area contributed by atoms with Crippen LogP contribution in [0, 0.1) is 0 Å². The molecular formula is C21H28N3O5S+. The number of nitrogens with zero attached hydrogens (tertiary/aromatic N) is 2. The SMILES string of the molecule is COc1cnc2c(c1)CN(Cc1ccc(C(=O)OCCCCO[NH2+]O)cc1)CCS2. The number of unbranched alkanes of at least 4 members (excludes halogenated alkanes) is 1. The van der Waals surface area contributed by atoms with E-state index < -0.39 is 0 Å². The van der Waals surface area contributed by atoms with Gasteiger partial charge in [0.25, 0.3) is 0 Å². The number of aromatic nitrogens is 1. The van der Waals surface area contributed by atoms with Crippen molar-refractivity contribution >= 4 is 17.7 Å². The van der Waals surface area contributed by atoms with E-state index >= 15 is 0 Å². The van der Waals surface area contributed by atoms with Gasteiger partial charge in [-0.15, -0.1) is 11.8 Å². The van der Waals surface area contributed by atoms with Crippen LogP contribution in [0.4, 0.5) is 0 Å². The van der Waals surface area contributed by atoms with Crippen LogP contribution in [0.1, 0.15) is 34.3 Å². The lowest BCUT2D eigenvalue weighted by molar-refractivity contribution is -1.06. The molecule has 1 aliphatic heterocycles. The Labute approximate surface area is 180 Å². The van der Waals surface area contributed by atoms with E-state index in [1.165, 1.54) is 5.56 Å². The minimum absolute atomic E-state index is 0.325. The predicted octanol–water partition coefficient (Wildman–Crippen LogP) is 2.02. The number of rotatable bonds is 10. The molecule has 8 nitrogen and oxygen atoms in total. The Bertz CT molecular complexity index is 819. The fraction of sp³-hybridized carbons (Fsp3) is 0.429. The first-order valence-corrected chi connectivity index (χ1v) is 10.9. The van der Waals surface area contributed by atoms with Crippen LogP contribution in [0.3, 0.4) is 0 Å². The second-order valence-electron chi connectivity index (χ2n) is 6.91. The summed E-state index contributed by atoms with van der Waals surface area (Å²) in [6, 6.07) is 9.63. The average Bonchev–Trinajstić information content (AvgIpc) is 2.97. The zero-order valence-electron chi connectivity index (χ0n) is 17.1. The number of methoxy groups -OCH3 is 1. The van der Waals surface area contributed by atoms with Crippen molar-refractivity contribution in [3.05, 3.63) is 53.2 Å². The van der Waals surface area contributed by atoms with Crippen molar-refractivity contribution in [2.24, 2.45) is 0 Å². The Morgan fingerprint density at radius 2 is 2.07 bits per heavy atom. The van der Waals surface area contributed by atoms with Crippen molar-refractivity contribution in [3.8, 4) is 5.75 Å². The zero-order valence-corrected chi connectivity index (χ0v) is 17.9. The molecule has 0 fully saturated rings. The average molecular weight is 435 g/mol. The highest BCUT2D eigenvalue weighted by Crippen LogP contribution is 2.28. The van der Waals surface area contributed by atoms with Gasteiger partial charge in [-0.2, -0.15) is 10.0 Å². The first-order valence-electron chi connectivity index (χ1n) is 9.91. The number of carbonyl (C=O) groups is 1. The molecule has 1 aliphatic rings. The van der Waals surface area contributed by atoms with E-state index in [4.69, 9.17) is 19.5 Å². The quantitative estimate of drug-likeness (QED) is 0.333. The summed E-state index contributed by atoms with van der Waals surface area (Å²) in [6.07, 6.45) is 3.16. The van der Waals surface area contributed by atoms with Gasteiger partial charge in [-0.1, -0.05) is 17.8 Å². The van der Waals surface area contributed by atoms with Gasteiger partial charge in [0.15, 0.2) is 0 Å². The lowest BCUT2D eigenvalue weighted by atomic mass is 10.1. The van der Waals surface area contributed by atoms with Gasteiger partial charge in [-0.3, -0.25) is 4.90 Å². The van der Waals surface area contributed by atoms with Crippen LogP contribution >= 0.6 is 11.8 Å². The van der Waals surface area contributed by atoms with Gasteiger partial charge >= 0.3 is 5.97 Å². The molecule has 162 valence electrons. The fourth-order valence-corrected chi connectivity index (χ4v) is 4.13. The van der Waals surface area contributed by atoms with E-state index in [9.17, 15) is 4.79 Å². The molecule has 0 bridgehead atoms. The van der Waals surface area contributed by atoms with Crippen LogP contribution in [0.15, 0.2) is 41.6 Å². The number of carbonyl (C=O) groups excluding carboxylic acids is 1. The van der Waals surface area contributed by atoms with E-state index in [2.05, 4.69) is 16.0 Å². The number of hydrogen-bond acceptors (Lipinski definition) is 8. The Hall–Kier alpha value is -2.17. The van der Waals surface area contributed by atoms with Crippen molar-refractivity contribution in [3.63, 3.8) is 0 Å². The van der Waals surface area contributed by atoms with Gasteiger partial charge in [0.2, 0.25) is 0 Å². The Morgan fingerprint density at radius 1 is 1.27 bits per heavy atom. The molecule has 0 amide bonds. The fourth-order valence-electron chi connectivity index (χ4n) is 3.15. The normalized spacial score (nSPS) is 14.1. The van der Waals surface area contributed by atoms with Crippen molar-refractivity contribution in [2.45, 2.75) is 31.0 Å². The molecule has 9 heteroatoms. The van der Waals surface area contributed by atoms with Gasteiger partial charge in [0.05, 0.1) is 25.5 Å².